The van der Waals surface area contributed by atoms with Crippen LogP contribution < -0.4 is 5.32 Å². The van der Waals surface area contributed by atoms with Crippen LogP contribution in [0.15, 0.2) is 40.8 Å². The smallest absolute Gasteiger partial charge is 0.284 e. The van der Waals surface area contributed by atoms with Gasteiger partial charge in [0.05, 0.1) is 18.9 Å². The first kappa shape index (κ1) is 16.0. The molecular formula is C15H17F2NO2S. The Balaban J connectivity index is 1.77. The Morgan fingerprint density at radius 2 is 1.86 bits per heavy atom. The molecule has 0 saturated heterocycles. The summed E-state index contributed by atoms with van der Waals surface area (Å²) < 4.78 is 29.6. The van der Waals surface area contributed by atoms with Crippen molar-refractivity contribution in [2.75, 3.05) is 0 Å². The fraction of sp³-hybridized carbons (Fsp3) is 0.333. The molecule has 0 fully saturated rings. The summed E-state index contributed by atoms with van der Waals surface area (Å²) in [5.74, 6) is -0.927. The van der Waals surface area contributed by atoms with Gasteiger partial charge in [-0.3, -0.25) is 0 Å². The van der Waals surface area contributed by atoms with Crippen molar-refractivity contribution in [1.29, 1.82) is 0 Å². The van der Waals surface area contributed by atoms with Gasteiger partial charge < -0.3 is 14.8 Å². The molecular weight excluding hydrogens is 296 g/mol. The van der Waals surface area contributed by atoms with E-state index in [4.69, 9.17) is 9.52 Å². The van der Waals surface area contributed by atoms with E-state index in [1.54, 1.807) is 12.1 Å². The second-order valence-electron chi connectivity index (χ2n) is 4.52. The number of rotatable bonds is 8. The fourth-order valence-electron chi connectivity index (χ4n) is 1.91. The molecule has 0 aliphatic carbocycles. The Morgan fingerprint density at radius 3 is 2.62 bits per heavy atom. The lowest BCUT2D eigenvalue weighted by Crippen LogP contribution is -2.12. The van der Waals surface area contributed by atoms with E-state index in [1.807, 2.05) is 24.3 Å². The van der Waals surface area contributed by atoms with Gasteiger partial charge in [-0.25, -0.2) is 0 Å². The first-order valence-corrected chi connectivity index (χ1v) is 7.59. The molecule has 0 bridgehead atoms. The van der Waals surface area contributed by atoms with Crippen LogP contribution in [-0.2, 0) is 25.4 Å². The molecule has 0 unspecified atom stereocenters. The zero-order valence-electron chi connectivity index (χ0n) is 11.4. The fourth-order valence-corrected chi connectivity index (χ4v) is 2.35. The Labute approximate surface area is 126 Å². The van der Waals surface area contributed by atoms with Crippen molar-refractivity contribution in [3.8, 4) is 0 Å². The Bertz CT molecular complexity index is 560. The SMILES string of the molecule is OCc1cccc(CNCc2ccc(CSC(F)F)o2)c1. The maximum Gasteiger partial charge on any atom is 0.284 e. The van der Waals surface area contributed by atoms with Crippen LogP contribution in [0.2, 0.25) is 0 Å². The Morgan fingerprint density at radius 1 is 1.10 bits per heavy atom. The highest BCUT2D eigenvalue weighted by molar-refractivity contribution is 7.98. The molecule has 21 heavy (non-hydrogen) atoms. The summed E-state index contributed by atoms with van der Waals surface area (Å²) in [6.07, 6.45) is 0. The average Bonchev–Trinajstić information content (AvgIpc) is 2.93. The highest BCUT2D eigenvalue weighted by atomic mass is 32.2. The van der Waals surface area contributed by atoms with E-state index < -0.39 is 5.76 Å². The lowest BCUT2D eigenvalue weighted by atomic mass is 10.1. The van der Waals surface area contributed by atoms with Crippen molar-refractivity contribution in [2.24, 2.45) is 0 Å². The van der Waals surface area contributed by atoms with E-state index in [-0.39, 0.29) is 12.4 Å². The predicted molar refractivity (Wildman–Crippen MR) is 78.9 cm³/mol. The predicted octanol–water partition coefficient (Wildman–Crippen LogP) is 3.52. The van der Waals surface area contributed by atoms with E-state index in [0.717, 1.165) is 16.9 Å². The topological polar surface area (TPSA) is 45.4 Å². The first-order chi connectivity index (χ1) is 10.2. The summed E-state index contributed by atoms with van der Waals surface area (Å²) >= 11 is 0.551. The molecule has 6 heteroatoms. The number of alkyl halides is 2. The maximum absolute atomic E-state index is 12.1. The van der Waals surface area contributed by atoms with Gasteiger partial charge in [-0.2, -0.15) is 8.78 Å². The minimum atomic E-state index is -2.38. The lowest BCUT2D eigenvalue weighted by Gasteiger charge is -2.05. The minimum Gasteiger partial charge on any atom is -0.464 e. The van der Waals surface area contributed by atoms with Crippen molar-refractivity contribution < 1.29 is 18.3 Å². The third-order valence-electron chi connectivity index (χ3n) is 2.87. The number of halogens is 2. The summed E-state index contributed by atoms with van der Waals surface area (Å²) in [5.41, 5.74) is 1.94. The highest BCUT2D eigenvalue weighted by Crippen LogP contribution is 2.21. The standard InChI is InChI=1S/C15H17F2NO2S/c16-15(17)21-10-14-5-4-13(20-14)8-18-7-11-2-1-3-12(6-11)9-19/h1-6,15,18-19H,7-10H2. The van der Waals surface area contributed by atoms with Gasteiger partial charge in [0.1, 0.15) is 11.5 Å². The normalized spacial score (nSPS) is 11.2. The van der Waals surface area contributed by atoms with Crippen LogP contribution in [0.3, 0.4) is 0 Å². The molecule has 2 rings (SSSR count). The third-order valence-corrected chi connectivity index (χ3v) is 3.57. The van der Waals surface area contributed by atoms with Crippen molar-refractivity contribution in [3.63, 3.8) is 0 Å². The summed E-state index contributed by atoms with van der Waals surface area (Å²) in [6, 6.07) is 11.2. The van der Waals surface area contributed by atoms with E-state index in [9.17, 15) is 8.78 Å². The molecule has 0 amide bonds. The number of nitrogens with one attached hydrogen (secondary N) is 1. The molecule has 0 aliphatic rings. The third kappa shape index (κ3) is 5.49. The van der Waals surface area contributed by atoms with Crippen LogP contribution in [0.25, 0.3) is 0 Å². The molecule has 0 radical (unpaired) electrons. The zero-order chi connectivity index (χ0) is 15.1. The number of aliphatic hydroxyl groups is 1. The molecule has 1 heterocycles. The van der Waals surface area contributed by atoms with Crippen LogP contribution in [0.1, 0.15) is 22.6 Å². The number of hydrogen-bond donors (Lipinski definition) is 2. The molecule has 2 N–H and O–H groups in total. The molecule has 1 aromatic carbocycles. The van der Waals surface area contributed by atoms with Crippen LogP contribution in [-0.4, -0.2) is 10.9 Å². The van der Waals surface area contributed by atoms with E-state index >= 15 is 0 Å². The molecule has 0 atom stereocenters. The molecule has 3 nitrogen and oxygen atoms in total. The summed E-state index contributed by atoms with van der Waals surface area (Å²) in [5, 5.41) is 12.3. The Kier molecular flexibility index (Phi) is 6.22. The van der Waals surface area contributed by atoms with Gasteiger partial charge in [0, 0.05) is 6.54 Å². The highest BCUT2D eigenvalue weighted by Gasteiger charge is 2.07. The quantitative estimate of drug-likeness (QED) is 0.783. The molecule has 0 spiro atoms. The maximum atomic E-state index is 12.1. The van der Waals surface area contributed by atoms with Crippen molar-refractivity contribution in [3.05, 3.63) is 59.0 Å². The minimum absolute atomic E-state index is 0.0250. The van der Waals surface area contributed by atoms with Gasteiger partial charge >= 0.3 is 0 Å². The molecule has 1 aromatic heterocycles. The monoisotopic (exact) mass is 313 g/mol. The summed E-state index contributed by atoms with van der Waals surface area (Å²) in [6.45, 7) is 1.20. The van der Waals surface area contributed by atoms with Gasteiger partial charge in [0.15, 0.2) is 0 Å². The van der Waals surface area contributed by atoms with Crippen LogP contribution in [0, 0.1) is 0 Å². The van der Waals surface area contributed by atoms with Crippen LogP contribution in [0.4, 0.5) is 8.78 Å². The molecule has 2 aromatic rings. The second-order valence-corrected chi connectivity index (χ2v) is 5.50. The van der Waals surface area contributed by atoms with E-state index in [2.05, 4.69) is 5.32 Å². The van der Waals surface area contributed by atoms with Crippen molar-refractivity contribution in [2.45, 2.75) is 31.2 Å². The van der Waals surface area contributed by atoms with Crippen molar-refractivity contribution >= 4 is 11.8 Å². The summed E-state index contributed by atoms with van der Waals surface area (Å²) in [7, 11) is 0. The van der Waals surface area contributed by atoms with Gasteiger partial charge in [-0.1, -0.05) is 36.0 Å². The van der Waals surface area contributed by atoms with Gasteiger partial charge in [0.25, 0.3) is 5.76 Å². The molecule has 0 saturated carbocycles. The second kappa shape index (κ2) is 8.17. The largest absolute Gasteiger partial charge is 0.464 e. The van der Waals surface area contributed by atoms with E-state index in [1.165, 1.54) is 0 Å². The Hall–Kier alpha value is -1.37. The lowest BCUT2D eigenvalue weighted by molar-refractivity contribution is 0.251. The van der Waals surface area contributed by atoms with Gasteiger partial charge in [0.2, 0.25) is 0 Å². The van der Waals surface area contributed by atoms with E-state index in [0.29, 0.717) is 30.6 Å². The average molecular weight is 313 g/mol. The summed E-state index contributed by atoms with van der Waals surface area (Å²) in [4.78, 5) is 0. The number of benzene rings is 1. The number of hydrogen-bond acceptors (Lipinski definition) is 4. The number of thioether (sulfide) groups is 1. The van der Waals surface area contributed by atoms with Gasteiger partial charge in [-0.15, -0.1) is 0 Å². The van der Waals surface area contributed by atoms with Crippen molar-refractivity contribution in [1.82, 2.24) is 5.32 Å². The first-order valence-electron chi connectivity index (χ1n) is 6.54. The zero-order valence-corrected chi connectivity index (χ0v) is 12.2. The van der Waals surface area contributed by atoms with Crippen LogP contribution in [0.5, 0.6) is 0 Å². The number of aliphatic hydroxyl groups excluding tert-OH is 1. The number of furan rings is 1. The molecule has 0 aliphatic heterocycles. The van der Waals surface area contributed by atoms with Crippen LogP contribution >= 0.6 is 11.8 Å². The van der Waals surface area contributed by atoms with Gasteiger partial charge in [-0.05, 0) is 23.3 Å². The molecule has 114 valence electrons.